The van der Waals surface area contributed by atoms with Gasteiger partial charge in [0.2, 0.25) is 5.91 Å². The van der Waals surface area contributed by atoms with Crippen LogP contribution in [-0.4, -0.2) is 34.5 Å². The van der Waals surface area contributed by atoms with Crippen LogP contribution in [0, 0.1) is 5.92 Å². The lowest BCUT2D eigenvalue weighted by Gasteiger charge is -2.27. The first kappa shape index (κ1) is 16.3. The molecule has 0 spiro atoms. The van der Waals surface area contributed by atoms with Gasteiger partial charge in [-0.3, -0.25) is 9.59 Å². The second-order valence-electron chi connectivity index (χ2n) is 5.36. The fraction of sp³-hybridized carbons (Fsp3) is 0.857. The molecule has 1 aliphatic rings. The van der Waals surface area contributed by atoms with E-state index in [2.05, 4.69) is 5.32 Å². The van der Waals surface area contributed by atoms with E-state index in [1.54, 1.807) is 11.8 Å². The van der Waals surface area contributed by atoms with Gasteiger partial charge in [-0.15, -0.1) is 0 Å². The third-order valence-electron chi connectivity index (χ3n) is 3.80. The molecule has 1 saturated carbocycles. The van der Waals surface area contributed by atoms with E-state index in [0.29, 0.717) is 12.8 Å². The van der Waals surface area contributed by atoms with E-state index in [0.717, 1.165) is 32.1 Å². The van der Waals surface area contributed by atoms with E-state index in [9.17, 15) is 14.7 Å². The van der Waals surface area contributed by atoms with E-state index in [1.807, 2.05) is 13.2 Å². The van der Waals surface area contributed by atoms with Gasteiger partial charge in [0.1, 0.15) is 0 Å². The molecule has 0 bridgehead atoms. The molecule has 110 valence electrons. The molecule has 0 aliphatic heterocycles. The van der Waals surface area contributed by atoms with Gasteiger partial charge >= 0.3 is 5.97 Å². The smallest absolute Gasteiger partial charge is 0.308 e. The van der Waals surface area contributed by atoms with Crippen molar-refractivity contribution in [3.63, 3.8) is 0 Å². The van der Waals surface area contributed by atoms with Crippen LogP contribution in [0.25, 0.3) is 0 Å². The first-order valence-corrected chi connectivity index (χ1v) is 8.38. The van der Waals surface area contributed by atoms with E-state index < -0.39 is 11.9 Å². The summed E-state index contributed by atoms with van der Waals surface area (Å²) in [7, 11) is 0. The molecule has 3 unspecified atom stereocenters. The average Bonchev–Trinajstić information content (AvgIpc) is 2.32. The highest BCUT2D eigenvalue weighted by molar-refractivity contribution is 7.99. The first-order valence-electron chi connectivity index (χ1n) is 7.09. The Morgan fingerprint density at radius 2 is 1.89 bits per heavy atom. The number of hydrogen-bond donors (Lipinski definition) is 2. The molecule has 1 fully saturated rings. The Labute approximate surface area is 119 Å². The molecule has 1 rings (SSSR count). The highest BCUT2D eigenvalue weighted by Crippen LogP contribution is 2.23. The van der Waals surface area contributed by atoms with Crippen LogP contribution >= 0.6 is 11.8 Å². The van der Waals surface area contributed by atoms with Crippen LogP contribution in [0.15, 0.2) is 0 Å². The molecule has 0 saturated heterocycles. The summed E-state index contributed by atoms with van der Waals surface area (Å²) in [5.41, 5.74) is 0. The largest absolute Gasteiger partial charge is 0.481 e. The maximum atomic E-state index is 11.9. The molecular formula is C14H25NO3S. The third-order valence-corrected chi connectivity index (χ3v) is 4.78. The van der Waals surface area contributed by atoms with Crippen molar-refractivity contribution >= 4 is 23.6 Å². The molecule has 5 heteroatoms. The number of carboxylic acids is 1. The first-order chi connectivity index (χ1) is 9.04. The monoisotopic (exact) mass is 287 g/mol. The molecule has 4 nitrogen and oxygen atoms in total. The Bertz CT molecular complexity index is 309. The van der Waals surface area contributed by atoms with E-state index >= 15 is 0 Å². The van der Waals surface area contributed by atoms with Gasteiger partial charge in [0.25, 0.3) is 0 Å². The maximum Gasteiger partial charge on any atom is 0.308 e. The molecule has 0 aromatic rings. The highest BCUT2D eigenvalue weighted by atomic mass is 32.2. The summed E-state index contributed by atoms with van der Waals surface area (Å²) < 4.78 is 0. The highest BCUT2D eigenvalue weighted by Gasteiger charge is 2.29. The normalized spacial score (nSPS) is 26.0. The molecule has 2 N–H and O–H groups in total. The van der Waals surface area contributed by atoms with Crippen LogP contribution in [0.3, 0.4) is 0 Å². The SMILES string of the molecule is CSC(C)CC(=O)NC1CCCCCCC1C(=O)O. The summed E-state index contributed by atoms with van der Waals surface area (Å²) in [6.45, 7) is 2.01. The lowest BCUT2D eigenvalue weighted by Crippen LogP contribution is -2.44. The third kappa shape index (κ3) is 5.85. The van der Waals surface area contributed by atoms with Gasteiger partial charge in [0.15, 0.2) is 0 Å². The van der Waals surface area contributed by atoms with Crippen LogP contribution in [0.5, 0.6) is 0 Å². The molecular weight excluding hydrogens is 262 g/mol. The van der Waals surface area contributed by atoms with E-state index in [-0.39, 0.29) is 17.2 Å². The molecule has 0 heterocycles. The molecule has 1 amide bonds. The van der Waals surface area contributed by atoms with Gasteiger partial charge in [-0.05, 0) is 19.1 Å². The van der Waals surface area contributed by atoms with Gasteiger partial charge < -0.3 is 10.4 Å². The molecule has 0 radical (unpaired) electrons. The van der Waals surface area contributed by atoms with Crippen molar-refractivity contribution in [2.75, 3.05) is 6.26 Å². The van der Waals surface area contributed by atoms with Crippen molar-refractivity contribution in [2.45, 2.75) is 63.2 Å². The number of carbonyl (C=O) groups is 2. The van der Waals surface area contributed by atoms with Crippen LogP contribution in [0.2, 0.25) is 0 Å². The Hall–Kier alpha value is -0.710. The zero-order valence-corrected chi connectivity index (χ0v) is 12.7. The molecule has 0 aromatic carbocycles. The second kappa shape index (κ2) is 8.46. The average molecular weight is 287 g/mol. The summed E-state index contributed by atoms with van der Waals surface area (Å²) in [6.07, 6.45) is 8.11. The zero-order valence-electron chi connectivity index (χ0n) is 11.9. The number of carboxylic acid groups (broad SMARTS) is 1. The number of amides is 1. The predicted molar refractivity (Wildman–Crippen MR) is 78.4 cm³/mol. The van der Waals surface area contributed by atoms with Gasteiger partial charge in [-0.2, -0.15) is 11.8 Å². The molecule has 3 atom stereocenters. The van der Waals surface area contributed by atoms with Crippen molar-refractivity contribution in [3.05, 3.63) is 0 Å². The van der Waals surface area contributed by atoms with E-state index in [4.69, 9.17) is 0 Å². The molecule has 1 aliphatic carbocycles. The van der Waals surface area contributed by atoms with Gasteiger partial charge in [0, 0.05) is 17.7 Å². The Kier molecular flexibility index (Phi) is 7.28. The Balaban J connectivity index is 2.58. The van der Waals surface area contributed by atoms with Crippen molar-refractivity contribution in [1.29, 1.82) is 0 Å². The maximum absolute atomic E-state index is 11.9. The minimum absolute atomic E-state index is 0.0151. The van der Waals surface area contributed by atoms with Gasteiger partial charge in [-0.1, -0.05) is 32.6 Å². The summed E-state index contributed by atoms with van der Waals surface area (Å²) in [6, 6.07) is -0.195. The summed E-state index contributed by atoms with van der Waals surface area (Å²) in [5, 5.41) is 12.5. The molecule has 0 aromatic heterocycles. The van der Waals surface area contributed by atoms with Gasteiger partial charge in [-0.25, -0.2) is 0 Å². The summed E-state index contributed by atoms with van der Waals surface area (Å²) in [4.78, 5) is 23.3. The van der Waals surface area contributed by atoms with Crippen LogP contribution < -0.4 is 5.32 Å². The van der Waals surface area contributed by atoms with Crippen LogP contribution in [0.1, 0.15) is 51.9 Å². The standard InChI is InChI=1S/C14H25NO3S/c1-10(19-2)9-13(16)15-12-8-6-4-3-5-7-11(12)14(17)18/h10-12H,3-9H2,1-2H3,(H,15,16)(H,17,18). The fourth-order valence-corrected chi connectivity index (χ4v) is 2.88. The summed E-state index contributed by atoms with van der Waals surface area (Å²) >= 11 is 1.65. The van der Waals surface area contributed by atoms with Crippen molar-refractivity contribution in [2.24, 2.45) is 5.92 Å². The fourth-order valence-electron chi connectivity index (χ4n) is 2.56. The molecule has 19 heavy (non-hydrogen) atoms. The van der Waals surface area contributed by atoms with E-state index in [1.165, 1.54) is 0 Å². The Morgan fingerprint density at radius 3 is 2.47 bits per heavy atom. The number of rotatable bonds is 5. The second-order valence-corrected chi connectivity index (χ2v) is 6.64. The Morgan fingerprint density at radius 1 is 1.26 bits per heavy atom. The number of carbonyl (C=O) groups excluding carboxylic acids is 1. The number of nitrogens with one attached hydrogen (secondary N) is 1. The topological polar surface area (TPSA) is 66.4 Å². The van der Waals surface area contributed by atoms with Crippen molar-refractivity contribution < 1.29 is 14.7 Å². The lowest BCUT2D eigenvalue weighted by atomic mass is 9.86. The number of hydrogen-bond acceptors (Lipinski definition) is 3. The zero-order chi connectivity index (χ0) is 14.3. The minimum atomic E-state index is -0.773. The number of aliphatic carboxylic acids is 1. The van der Waals surface area contributed by atoms with Crippen molar-refractivity contribution in [1.82, 2.24) is 5.32 Å². The van der Waals surface area contributed by atoms with Gasteiger partial charge in [0.05, 0.1) is 5.92 Å². The van der Waals surface area contributed by atoms with Crippen LogP contribution in [-0.2, 0) is 9.59 Å². The number of thioether (sulfide) groups is 1. The van der Waals surface area contributed by atoms with Crippen LogP contribution in [0.4, 0.5) is 0 Å². The quantitative estimate of drug-likeness (QED) is 0.816. The predicted octanol–water partition coefficient (Wildman–Crippen LogP) is 2.67. The summed E-state index contributed by atoms with van der Waals surface area (Å²) in [5.74, 6) is -1.21. The minimum Gasteiger partial charge on any atom is -0.481 e. The lowest BCUT2D eigenvalue weighted by molar-refractivity contribution is -0.143. The van der Waals surface area contributed by atoms with Crippen molar-refractivity contribution in [3.8, 4) is 0 Å².